The number of carbonyl (C=O) groups excluding carboxylic acids is 1. The number of sulfonamides is 1. The second kappa shape index (κ2) is 9.50. The number of thioether (sulfide) groups is 1. The van der Waals surface area contributed by atoms with Crippen LogP contribution in [0.2, 0.25) is 5.02 Å². The molecule has 31 heavy (non-hydrogen) atoms. The van der Waals surface area contributed by atoms with E-state index in [0.717, 1.165) is 29.2 Å². The number of fused-ring (bicyclic) bond motifs is 1. The molecule has 0 unspecified atom stereocenters. The fraction of sp³-hybridized carbons (Fsp3) is 0.409. The van der Waals surface area contributed by atoms with Crippen LogP contribution < -0.4 is 5.32 Å². The number of rotatable bonds is 5. The fourth-order valence-corrected chi connectivity index (χ4v) is 6.78. The largest absolute Gasteiger partial charge is 0.345 e. The molecule has 2 aliphatic rings. The highest BCUT2D eigenvalue weighted by Crippen LogP contribution is 2.36. The topological polar surface area (TPSA) is 69.7 Å². The third kappa shape index (κ3) is 4.78. The van der Waals surface area contributed by atoms with Gasteiger partial charge in [0.25, 0.3) is 5.91 Å². The Kier molecular flexibility index (Phi) is 6.93. The van der Waals surface area contributed by atoms with Gasteiger partial charge in [-0.3, -0.25) is 4.79 Å². The lowest BCUT2D eigenvalue weighted by molar-refractivity contribution is 0.0935. The lowest BCUT2D eigenvalue weighted by Crippen LogP contribution is -2.48. The standard InChI is InChI=1S/C22H26ClN3O3S2/c1-2-25-10-12-26(13-11-25)31(28,29)16-7-8-19(23)18(15-16)22(27)24-20-9-14-30-21-6-4-3-5-17(20)21/h3-8,15,20H,2,9-14H2,1H3,(H,24,27)/t20-/m1/s1. The van der Waals surface area contributed by atoms with Crippen LogP contribution in [0.25, 0.3) is 0 Å². The van der Waals surface area contributed by atoms with Gasteiger partial charge in [0.15, 0.2) is 0 Å². The van der Waals surface area contributed by atoms with Crippen molar-refractivity contribution in [3.05, 3.63) is 58.6 Å². The summed E-state index contributed by atoms with van der Waals surface area (Å²) < 4.78 is 27.8. The summed E-state index contributed by atoms with van der Waals surface area (Å²) in [6.07, 6.45) is 0.810. The number of halogens is 1. The van der Waals surface area contributed by atoms with E-state index in [0.29, 0.717) is 26.2 Å². The Morgan fingerprint density at radius 3 is 2.65 bits per heavy atom. The fourth-order valence-electron chi connectivity index (χ4n) is 4.00. The normalized spacial score (nSPS) is 20.3. The highest BCUT2D eigenvalue weighted by molar-refractivity contribution is 7.99. The molecule has 4 rings (SSSR count). The van der Waals surface area contributed by atoms with Crippen LogP contribution in [0.4, 0.5) is 0 Å². The molecule has 0 aliphatic carbocycles. The van der Waals surface area contributed by atoms with Crippen LogP contribution in [0.15, 0.2) is 52.3 Å². The quantitative estimate of drug-likeness (QED) is 0.709. The van der Waals surface area contributed by atoms with Crippen molar-refractivity contribution in [1.82, 2.24) is 14.5 Å². The molecule has 166 valence electrons. The molecule has 1 N–H and O–H groups in total. The van der Waals surface area contributed by atoms with E-state index in [2.05, 4.69) is 23.2 Å². The van der Waals surface area contributed by atoms with Gasteiger partial charge >= 0.3 is 0 Å². The van der Waals surface area contributed by atoms with Crippen molar-refractivity contribution in [2.75, 3.05) is 38.5 Å². The summed E-state index contributed by atoms with van der Waals surface area (Å²) in [5.41, 5.74) is 1.27. The number of nitrogens with zero attached hydrogens (tertiary/aromatic N) is 2. The third-order valence-electron chi connectivity index (χ3n) is 5.86. The van der Waals surface area contributed by atoms with Crippen LogP contribution in [0.1, 0.15) is 35.3 Å². The van der Waals surface area contributed by atoms with Gasteiger partial charge in [-0.15, -0.1) is 11.8 Å². The molecule has 0 bridgehead atoms. The van der Waals surface area contributed by atoms with E-state index in [9.17, 15) is 13.2 Å². The molecule has 2 aromatic rings. The van der Waals surface area contributed by atoms with Crippen LogP contribution in [-0.2, 0) is 10.0 Å². The number of hydrogen-bond acceptors (Lipinski definition) is 5. The van der Waals surface area contributed by atoms with E-state index >= 15 is 0 Å². The maximum Gasteiger partial charge on any atom is 0.253 e. The van der Waals surface area contributed by atoms with Crippen molar-refractivity contribution >= 4 is 39.3 Å². The molecule has 0 radical (unpaired) electrons. The monoisotopic (exact) mass is 479 g/mol. The molecule has 9 heteroatoms. The van der Waals surface area contributed by atoms with E-state index in [1.54, 1.807) is 11.8 Å². The number of carbonyl (C=O) groups is 1. The molecule has 1 atom stereocenters. The molecule has 6 nitrogen and oxygen atoms in total. The van der Waals surface area contributed by atoms with Crippen LogP contribution in [-0.4, -0.2) is 62.0 Å². The Bertz CT molecular complexity index is 1070. The molecular formula is C22H26ClN3O3S2. The van der Waals surface area contributed by atoms with Crippen molar-refractivity contribution < 1.29 is 13.2 Å². The van der Waals surface area contributed by atoms with Crippen molar-refractivity contribution in [3.63, 3.8) is 0 Å². The first kappa shape index (κ1) is 22.6. The zero-order chi connectivity index (χ0) is 22.0. The van der Waals surface area contributed by atoms with E-state index in [1.165, 1.54) is 22.5 Å². The van der Waals surface area contributed by atoms with E-state index in [-0.39, 0.29) is 27.4 Å². The number of likely N-dealkylation sites (N-methyl/N-ethyl adjacent to an activating group) is 1. The molecule has 2 aromatic carbocycles. The minimum absolute atomic E-state index is 0.103. The minimum atomic E-state index is -3.68. The molecule has 2 aliphatic heterocycles. The first-order chi connectivity index (χ1) is 14.9. The molecule has 1 amide bonds. The van der Waals surface area contributed by atoms with Crippen molar-refractivity contribution in [2.45, 2.75) is 29.2 Å². The Balaban J connectivity index is 1.55. The number of hydrogen-bond donors (Lipinski definition) is 1. The predicted molar refractivity (Wildman–Crippen MR) is 124 cm³/mol. The summed E-state index contributed by atoms with van der Waals surface area (Å²) in [7, 11) is -3.68. The van der Waals surface area contributed by atoms with Crippen LogP contribution in [0.3, 0.4) is 0 Å². The Hall–Kier alpha value is -1.58. The highest BCUT2D eigenvalue weighted by atomic mass is 35.5. The molecule has 1 fully saturated rings. The van der Waals surface area contributed by atoms with Gasteiger partial charge < -0.3 is 10.2 Å². The van der Waals surface area contributed by atoms with Gasteiger partial charge in [0.05, 0.1) is 21.5 Å². The lowest BCUT2D eigenvalue weighted by atomic mass is 10.0. The summed E-state index contributed by atoms with van der Waals surface area (Å²) in [6.45, 7) is 5.26. The summed E-state index contributed by atoms with van der Waals surface area (Å²) in [5, 5.41) is 3.29. The highest BCUT2D eigenvalue weighted by Gasteiger charge is 2.30. The zero-order valence-electron chi connectivity index (χ0n) is 17.4. The van der Waals surface area contributed by atoms with Crippen LogP contribution in [0.5, 0.6) is 0 Å². The molecule has 1 saturated heterocycles. The summed E-state index contributed by atoms with van der Waals surface area (Å²) in [4.78, 5) is 16.5. The van der Waals surface area contributed by atoms with Crippen LogP contribution >= 0.6 is 23.4 Å². The Morgan fingerprint density at radius 1 is 1.16 bits per heavy atom. The Morgan fingerprint density at radius 2 is 1.90 bits per heavy atom. The van der Waals surface area contributed by atoms with E-state index < -0.39 is 10.0 Å². The van der Waals surface area contributed by atoms with Crippen molar-refractivity contribution in [3.8, 4) is 0 Å². The maximum atomic E-state index is 13.2. The van der Waals surface area contributed by atoms with Crippen molar-refractivity contribution in [1.29, 1.82) is 0 Å². The maximum absolute atomic E-state index is 13.2. The molecule has 2 heterocycles. The van der Waals surface area contributed by atoms with Gasteiger partial charge in [0.2, 0.25) is 10.0 Å². The minimum Gasteiger partial charge on any atom is -0.345 e. The molecule has 0 spiro atoms. The second-order valence-electron chi connectivity index (χ2n) is 7.68. The third-order valence-corrected chi connectivity index (χ3v) is 9.21. The molecular weight excluding hydrogens is 454 g/mol. The summed E-state index contributed by atoms with van der Waals surface area (Å²) in [5.74, 6) is 0.554. The average molecular weight is 480 g/mol. The van der Waals surface area contributed by atoms with E-state index in [4.69, 9.17) is 11.6 Å². The first-order valence-electron chi connectivity index (χ1n) is 10.4. The SMILES string of the molecule is CCN1CCN(S(=O)(=O)c2ccc(Cl)c(C(=O)N[C@@H]3CCSc4ccccc43)c2)CC1. The first-order valence-corrected chi connectivity index (χ1v) is 13.2. The predicted octanol–water partition coefficient (Wildman–Crippen LogP) is 3.63. The number of piperazine rings is 1. The number of benzene rings is 2. The number of amides is 1. The average Bonchev–Trinajstić information content (AvgIpc) is 2.79. The van der Waals surface area contributed by atoms with Gasteiger partial charge in [0.1, 0.15) is 0 Å². The number of nitrogens with one attached hydrogen (secondary N) is 1. The van der Waals surface area contributed by atoms with Gasteiger partial charge in [0, 0.05) is 36.8 Å². The van der Waals surface area contributed by atoms with Gasteiger partial charge in [-0.25, -0.2) is 8.42 Å². The van der Waals surface area contributed by atoms with Gasteiger partial charge in [-0.05, 0) is 42.8 Å². The van der Waals surface area contributed by atoms with Gasteiger partial charge in [-0.1, -0.05) is 36.7 Å². The van der Waals surface area contributed by atoms with E-state index in [1.807, 2.05) is 18.2 Å². The van der Waals surface area contributed by atoms with Crippen molar-refractivity contribution in [2.24, 2.45) is 0 Å². The van der Waals surface area contributed by atoms with Gasteiger partial charge in [-0.2, -0.15) is 4.31 Å². The summed E-state index contributed by atoms with van der Waals surface area (Å²) >= 11 is 8.08. The zero-order valence-corrected chi connectivity index (χ0v) is 19.8. The summed E-state index contributed by atoms with van der Waals surface area (Å²) in [6, 6.07) is 12.3. The van der Waals surface area contributed by atoms with Crippen LogP contribution in [0, 0.1) is 0 Å². The second-order valence-corrected chi connectivity index (χ2v) is 11.2. The smallest absolute Gasteiger partial charge is 0.253 e. The Labute approximate surface area is 193 Å². The molecule has 0 saturated carbocycles. The molecule has 0 aromatic heterocycles. The lowest BCUT2D eigenvalue weighted by Gasteiger charge is -2.33.